The van der Waals surface area contributed by atoms with Crippen LogP contribution in [0.2, 0.25) is 5.02 Å². The third-order valence-corrected chi connectivity index (χ3v) is 9.79. The lowest BCUT2D eigenvalue weighted by Crippen LogP contribution is -2.37. The summed E-state index contributed by atoms with van der Waals surface area (Å²) < 4.78 is 36.4. The predicted octanol–water partition coefficient (Wildman–Crippen LogP) is 5.59. The Bertz CT molecular complexity index is 1240. The normalized spacial score (nSPS) is 14.1. The van der Waals surface area contributed by atoms with E-state index >= 15 is 0 Å². The van der Waals surface area contributed by atoms with Crippen molar-refractivity contribution in [3.8, 4) is 5.75 Å². The van der Waals surface area contributed by atoms with Crippen molar-refractivity contribution in [3.05, 3.63) is 52.0 Å². The van der Waals surface area contributed by atoms with Crippen LogP contribution in [0.15, 0.2) is 34.5 Å². The van der Waals surface area contributed by atoms with Crippen LogP contribution < -0.4 is 14.4 Å². The first-order chi connectivity index (χ1) is 14.7. The van der Waals surface area contributed by atoms with Crippen LogP contribution >= 0.6 is 35.3 Å². The first-order valence-corrected chi connectivity index (χ1v) is 13.0. The molecule has 9 heteroatoms. The van der Waals surface area contributed by atoms with Gasteiger partial charge in [0.25, 0.3) is 10.0 Å². The van der Waals surface area contributed by atoms with Crippen LogP contribution in [0.25, 0.3) is 10.1 Å². The topological polar surface area (TPSA) is 58.6 Å². The van der Waals surface area contributed by atoms with E-state index in [1.165, 1.54) is 26.8 Å². The number of sulfonamides is 1. The van der Waals surface area contributed by atoms with Gasteiger partial charge in [-0.3, -0.25) is 4.31 Å². The van der Waals surface area contributed by atoms with Crippen molar-refractivity contribution in [3.63, 3.8) is 0 Å². The fourth-order valence-electron chi connectivity index (χ4n) is 4.22. The van der Waals surface area contributed by atoms with E-state index in [1.807, 2.05) is 45.0 Å². The highest BCUT2D eigenvalue weighted by Crippen LogP contribution is 2.42. The maximum atomic E-state index is 14.0. The maximum absolute atomic E-state index is 14.0. The SMILES string of the molecule is COc1cc2c(cc1N(C(C)C)S(=O)(=O)c1sc3ccc(Cl)cc3c1C)CCNCC2.Cl. The number of fused-ring (bicyclic) bond motifs is 2. The molecule has 0 unspecified atom stereocenters. The molecule has 174 valence electrons. The molecule has 0 radical (unpaired) electrons. The van der Waals surface area contributed by atoms with Gasteiger partial charge in [-0.05, 0) is 99.1 Å². The maximum Gasteiger partial charge on any atom is 0.274 e. The van der Waals surface area contributed by atoms with Crippen LogP contribution in [-0.2, 0) is 22.9 Å². The van der Waals surface area contributed by atoms with Crippen LogP contribution in [0.4, 0.5) is 5.69 Å². The van der Waals surface area contributed by atoms with Gasteiger partial charge in [0.05, 0.1) is 12.8 Å². The fourth-order valence-corrected chi connectivity index (χ4v) is 7.87. The Hall–Kier alpha value is -1.51. The van der Waals surface area contributed by atoms with Crippen molar-refractivity contribution in [2.75, 3.05) is 24.5 Å². The fraction of sp³-hybridized carbons (Fsp3) is 0.391. The molecule has 0 spiro atoms. The molecular formula is C23H28Cl2N2O3S2. The summed E-state index contributed by atoms with van der Waals surface area (Å²) in [6.07, 6.45) is 1.76. The molecule has 1 N–H and O–H groups in total. The van der Waals surface area contributed by atoms with Crippen LogP contribution in [0, 0.1) is 6.92 Å². The van der Waals surface area contributed by atoms with Gasteiger partial charge in [-0.1, -0.05) is 11.6 Å². The second-order valence-electron chi connectivity index (χ2n) is 8.09. The minimum absolute atomic E-state index is 0. The van der Waals surface area contributed by atoms with Crippen LogP contribution in [-0.4, -0.2) is 34.7 Å². The van der Waals surface area contributed by atoms with Crippen molar-refractivity contribution in [1.82, 2.24) is 5.32 Å². The van der Waals surface area contributed by atoms with E-state index in [2.05, 4.69) is 5.32 Å². The predicted molar refractivity (Wildman–Crippen MR) is 137 cm³/mol. The molecule has 32 heavy (non-hydrogen) atoms. The number of methoxy groups -OCH3 is 1. The Morgan fingerprint density at radius 3 is 2.41 bits per heavy atom. The molecule has 3 aromatic rings. The number of thiophene rings is 1. The lowest BCUT2D eigenvalue weighted by atomic mass is 10.0. The number of benzene rings is 2. The number of halogens is 2. The highest BCUT2D eigenvalue weighted by atomic mass is 35.5. The Labute approximate surface area is 205 Å². The number of hydrogen-bond acceptors (Lipinski definition) is 5. The van der Waals surface area contributed by atoms with E-state index in [0.717, 1.165) is 41.6 Å². The van der Waals surface area contributed by atoms with Gasteiger partial charge in [0.2, 0.25) is 0 Å². The quantitative estimate of drug-likeness (QED) is 0.482. The molecule has 0 atom stereocenters. The van der Waals surface area contributed by atoms with Gasteiger partial charge >= 0.3 is 0 Å². The molecule has 0 fully saturated rings. The Kier molecular flexibility index (Phi) is 7.67. The highest BCUT2D eigenvalue weighted by Gasteiger charge is 2.33. The molecule has 1 aliphatic heterocycles. The number of nitrogens with zero attached hydrogens (tertiary/aromatic N) is 1. The molecular weight excluding hydrogens is 487 g/mol. The summed E-state index contributed by atoms with van der Waals surface area (Å²) in [4.78, 5) is 0. The highest BCUT2D eigenvalue weighted by molar-refractivity contribution is 7.95. The molecule has 0 bridgehead atoms. The van der Waals surface area contributed by atoms with E-state index in [-0.39, 0.29) is 18.4 Å². The van der Waals surface area contributed by atoms with Crippen molar-refractivity contribution in [2.45, 2.75) is 43.9 Å². The minimum Gasteiger partial charge on any atom is -0.495 e. The summed E-state index contributed by atoms with van der Waals surface area (Å²) >= 11 is 7.45. The molecule has 0 saturated carbocycles. The van der Waals surface area contributed by atoms with Crippen molar-refractivity contribution in [2.24, 2.45) is 0 Å². The van der Waals surface area contributed by atoms with Gasteiger partial charge in [-0.2, -0.15) is 0 Å². The van der Waals surface area contributed by atoms with E-state index in [1.54, 1.807) is 13.2 Å². The Morgan fingerprint density at radius 2 is 1.78 bits per heavy atom. The molecule has 0 saturated heterocycles. The lowest BCUT2D eigenvalue weighted by molar-refractivity contribution is 0.414. The molecule has 2 aromatic carbocycles. The van der Waals surface area contributed by atoms with Crippen molar-refractivity contribution >= 4 is 61.1 Å². The van der Waals surface area contributed by atoms with Crippen LogP contribution in [0.3, 0.4) is 0 Å². The number of ether oxygens (including phenoxy) is 1. The summed E-state index contributed by atoms with van der Waals surface area (Å²) in [6.45, 7) is 7.42. The number of aryl methyl sites for hydroxylation is 1. The zero-order valence-corrected chi connectivity index (χ0v) is 21.8. The van der Waals surface area contributed by atoms with E-state index < -0.39 is 10.0 Å². The largest absolute Gasteiger partial charge is 0.495 e. The summed E-state index contributed by atoms with van der Waals surface area (Å²) in [5.74, 6) is 0.583. The van der Waals surface area contributed by atoms with Crippen molar-refractivity contribution < 1.29 is 13.2 Å². The summed E-state index contributed by atoms with van der Waals surface area (Å²) in [6, 6.07) is 9.22. The Morgan fingerprint density at radius 1 is 1.12 bits per heavy atom. The standard InChI is InChI=1S/C23H27ClN2O3S2.ClH/c1-14(2)26(20-11-16-7-9-25-10-8-17(16)12-21(20)29-4)31(27,28)23-15(3)19-13-18(24)5-6-22(19)30-23;/h5-6,11-14,25H,7-10H2,1-4H3;1H. The zero-order chi connectivity index (χ0) is 22.3. The first-order valence-electron chi connectivity index (χ1n) is 10.4. The second-order valence-corrected chi connectivity index (χ2v) is 11.6. The summed E-state index contributed by atoms with van der Waals surface area (Å²) in [5.41, 5.74) is 3.69. The van der Waals surface area contributed by atoms with Gasteiger partial charge < -0.3 is 10.1 Å². The third kappa shape index (κ3) is 4.46. The van der Waals surface area contributed by atoms with Gasteiger partial charge in [0.15, 0.2) is 0 Å². The monoisotopic (exact) mass is 514 g/mol. The summed E-state index contributed by atoms with van der Waals surface area (Å²) in [7, 11) is -2.22. The van der Waals surface area contributed by atoms with Gasteiger partial charge in [-0.15, -0.1) is 23.7 Å². The molecule has 0 amide bonds. The minimum atomic E-state index is -3.81. The molecule has 5 nitrogen and oxygen atoms in total. The van der Waals surface area contributed by atoms with Crippen LogP contribution in [0.5, 0.6) is 5.75 Å². The van der Waals surface area contributed by atoms with Crippen molar-refractivity contribution in [1.29, 1.82) is 0 Å². The van der Waals surface area contributed by atoms with Gasteiger partial charge in [-0.25, -0.2) is 8.42 Å². The van der Waals surface area contributed by atoms with Gasteiger partial charge in [0, 0.05) is 15.8 Å². The number of nitrogens with one attached hydrogen (secondary N) is 1. The molecule has 2 heterocycles. The third-order valence-electron chi connectivity index (χ3n) is 5.70. The molecule has 1 aromatic heterocycles. The van der Waals surface area contributed by atoms with Gasteiger partial charge in [0.1, 0.15) is 9.96 Å². The average molecular weight is 516 g/mol. The van der Waals surface area contributed by atoms with Crippen LogP contribution in [0.1, 0.15) is 30.5 Å². The first kappa shape index (κ1) is 25.1. The summed E-state index contributed by atoms with van der Waals surface area (Å²) in [5, 5.41) is 4.88. The van der Waals surface area contributed by atoms with E-state index in [0.29, 0.717) is 20.7 Å². The molecule has 1 aliphatic rings. The number of hydrogen-bond donors (Lipinski definition) is 1. The van der Waals surface area contributed by atoms with E-state index in [4.69, 9.17) is 16.3 Å². The smallest absolute Gasteiger partial charge is 0.274 e. The Balaban J connectivity index is 0.00000289. The molecule has 0 aliphatic carbocycles. The lowest BCUT2D eigenvalue weighted by Gasteiger charge is -2.30. The number of anilines is 1. The zero-order valence-electron chi connectivity index (χ0n) is 18.6. The van der Waals surface area contributed by atoms with E-state index in [9.17, 15) is 8.42 Å². The second kappa shape index (κ2) is 9.77. The number of rotatable bonds is 5. The average Bonchev–Trinajstić information content (AvgIpc) is 2.89. The molecule has 4 rings (SSSR count).